The third-order valence-corrected chi connectivity index (χ3v) is 4.62. The Hall–Kier alpha value is -3.13. The van der Waals surface area contributed by atoms with Gasteiger partial charge in [0.05, 0.1) is 0 Å². The maximum atomic E-state index is 11.4. The quantitative estimate of drug-likeness (QED) is 0.394. The van der Waals surface area contributed by atoms with Crippen molar-refractivity contribution in [1.29, 1.82) is 0 Å². The molecule has 0 saturated heterocycles. The largest absolute Gasteiger partial charge is 0.481 e. The first-order chi connectivity index (χ1) is 15.7. The van der Waals surface area contributed by atoms with Gasteiger partial charge in [-0.25, -0.2) is 0 Å². The van der Waals surface area contributed by atoms with Gasteiger partial charge in [-0.3, -0.25) is 9.59 Å². The molecule has 1 aliphatic rings. The fraction of sp³-hybridized carbons (Fsp3) is 0.464. The van der Waals surface area contributed by atoms with Crippen molar-refractivity contribution in [3.8, 4) is 17.8 Å². The van der Waals surface area contributed by atoms with E-state index in [4.69, 9.17) is 9.84 Å². The van der Waals surface area contributed by atoms with E-state index in [1.165, 1.54) is 13.8 Å². The van der Waals surface area contributed by atoms with Gasteiger partial charge in [-0.1, -0.05) is 45.1 Å². The first-order valence-electron chi connectivity index (χ1n) is 11.3. The van der Waals surface area contributed by atoms with Gasteiger partial charge in [0.2, 0.25) is 0 Å². The van der Waals surface area contributed by atoms with E-state index in [1.807, 2.05) is 52.0 Å². The van der Waals surface area contributed by atoms with Crippen LogP contribution in [0, 0.1) is 23.9 Å². The Bertz CT molecular complexity index is 836. The summed E-state index contributed by atoms with van der Waals surface area (Å²) in [5, 5.41) is 8.25. The minimum atomic E-state index is 0.0960. The second-order valence-electron chi connectivity index (χ2n) is 7.33. The molecule has 0 saturated carbocycles. The summed E-state index contributed by atoms with van der Waals surface area (Å²) in [6.07, 6.45) is 10.0. The number of ketones is 3. The highest BCUT2D eigenvalue weighted by molar-refractivity contribution is 6.00. The van der Waals surface area contributed by atoms with Crippen molar-refractivity contribution < 1.29 is 24.2 Å². The Balaban J connectivity index is 0. The maximum Gasteiger partial charge on any atom is 0.163 e. The van der Waals surface area contributed by atoms with E-state index >= 15 is 0 Å². The Morgan fingerprint density at radius 2 is 1.82 bits per heavy atom. The molecule has 1 aliphatic carbocycles. The van der Waals surface area contributed by atoms with E-state index < -0.39 is 0 Å². The molecular formula is C28H40O5. The Morgan fingerprint density at radius 3 is 2.30 bits per heavy atom. The second-order valence-corrected chi connectivity index (χ2v) is 7.33. The highest BCUT2D eigenvalue weighted by Crippen LogP contribution is 2.26. The lowest BCUT2D eigenvalue weighted by Gasteiger charge is -2.15. The zero-order valence-corrected chi connectivity index (χ0v) is 21.2. The summed E-state index contributed by atoms with van der Waals surface area (Å²) in [4.78, 5) is 31.9. The van der Waals surface area contributed by atoms with Gasteiger partial charge in [-0.15, -0.1) is 6.58 Å². The molecule has 0 aliphatic heterocycles. The summed E-state index contributed by atoms with van der Waals surface area (Å²) in [7, 11) is 0. The SMILES string of the molecule is C=CC(C/C=C\C)C(C)C(C)=O.CC.CC(C)=O.O=C1CCc2ccc(OCC#CO)cc21. The van der Waals surface area contributed by atoms with Crippen LogP contribution in [-0.4, -0.2) is 29.1 Å². The van der Waals surface area contributed by atoms with E-state index in [1.54, 1.807) is 19.1 Å². The minimum Gasteiger partial charge on any atom is -0.481 e. The summed E-state index contributed by atoms with van der Waals surface area (Å²) in [6.45, 7) is 16.5. The lowest BCUT2D eigenvalue weighted by Crippen LogP contribution is -2.16. The number of ether oxygens (including phenoxy) is 1. The van der Waals surface area contributed by atoms with Crippen LogP contribution in [0.4, 0.5) is 0 Å². The van der Waals surface area contributed by atoms with Crippen LogP contribution in [0.5, 0.6) is 5.75 Å². The predicted octanol–water partition coefficient (Wildman–Crippen LogP) is 6.13. The summed E-state index contributed by atoms with van der Waals surface area (Å²) >= 11 is 0. The predicted molar refractivity (Wildman–Crippen MR) is 135 cm³/mol. The van der Waals surface area contributed by atoms with Gasteiger partial charge in [-0.2, -0.15) is 0 Å². The van der Waals surface area contributed by atoms with Gasteiger partial charge in [0.25, 0.3) is 0 Å². The summed E-state index contributed by atoms with van der Waals surface area (Å²) in [6, 6.07) is 5.46. The normalized spacial score (nSPS) is 12.6. The van der Waals surface area contributed by atoms with Crippen LogP contribution in [0.1, 0.15) is 77.2 Å². The van der Waals surface area contributed by atoms with Crippen molar-refractivity contribution in [3.63, 3.8) is 0 Å². The number of aliphatic hydroxyl groups excluding tert-OH is 1. The molecule has 0 fully saturated rings. The van der Waals surface area contributed by atoms with Crippen LogP contribution in [-0.2, 0) is 16.0 Å². The van der Waals surface area contributed by atoms with E-state index in [2.05, 4.69) is 18.6 Å². The molecular weight excluding hydrogens is 416 g/mol. The molecule has 2 unspecified atom stereocenters. The molecule has 2 atom stereocenters. The van der Waals surface area contributed by atoms with Crippen LogP contribution in [0.25, 0.3) is 0 Å². The van der Waals surface area contributed by atoms with Crippen LogP contribution < -0.4 is 4.74 Å². The number of fused-ring (bicyclic) bond motifs is 1. The number of rotatable bonds is 7. The van der Waals surface area contributed by atoms with Gasteiger partial charge in [0.1, 0.15) is 23.4 Å². The van der Waals surface area contributed by atoms with Crippen LogP contribution in [0.3, 0.4) is 0 Å². The van der Waals surface area contributed by atoms with E-state index in [-0.39, 0.29) is 29.9 Å². The molecule has 0 aromatic heterocycles. The number of hydrogen-bond donors (Lipinski definition) is 1. The highest BCUT2D eigenvalue weighted by Gasteiger charge is 2.19. The average molecular weight is 457 g/mol. The van der Waals surface area contributed by atoms with Crippen LogP contribution in [0.2, 0.25) is 0 Å². The summed E-state index contributed by atoms with van der Waals surface area (Å²) < 4.78 is 5.23. The number of carbonyl (C=O) groups excluding carboxylic acids is 3. The molecule has 1 aromatic carbocycles. The molecule has 2 rings (SSSR count). The highest BCUT2D eigenvalue weighted by atomic mass is 16.5. The van der Waals surface area contributed by atoms with Gasteiger partial charge in [0.15, 0.2) is 12.4 Å². The number of aliphatic hydroxyl groups is 1. The first-order valence-corrected chi connectivity index (χ1v) is 11.3. The number of Topliss-reactive ketones (excluding diaryl/α,β-unsaturated/α-hetero) is 3. The Kier molecular flexibility index (Phi) is 19.0. The molecule has 0 heterocycles. The molecule has 1 aromatic rings. The molecule has 0 radical (unpaired) electrons. The standard InChI is InChI=1S/C12H10O3.C11H18O.C3H6O.C2H6/c13-6-1-7-15-10-4-2-9-3-5-12(14)11(9)8-10;1-5-7-8-11(6-2)9(3)10(4)12;1-3(2)4;1-2/h2,4,8,13H,3,5,7H2;5-7,9,11H,2,8H2,1,3-4H3;1-2H3;1-2H3/b;7-5-;;. The number of aryl methyl sites for hydroxylation is 1. The van der Waals surface area contributed by atoms with Crippen LogP contribution >= 0.6 is 0 Å². The Morgan fingerprint density at radius 1 is 1.21 bits per heavy atom. The van der Waals surface area contributed by atoms with Crippen LogP contribution in [0.15, 0.2) is 43.0 Å². The second kappa shape index (κ2) is 19.5. The van der Waals surface area contributed by atoms with Crippen molar-refractivity contribution in [2.75, 3.05) is 6.61 Å². The molecule has 1 N–H and O–H groups in total. The molecule has 0 spiro atoms. The molecule has 0 amide bonds. The monoisotopic (exact) mass is 456 g/mol. The van der Waals surface area contributed by atoms with Gasteiger partial charge < -0.3 is 14.6 Å². The van der Waals surface area contributed by atoms with Gasteiger partial charge >= 0.3 is 0 Å². The third-order valence-electron chi connectivity index (χ3n) is 4.62. The number of carbonyl (C=O) groups is 3. The van der Waals surface area contributed by atoms with E-state index in [0.29, 0.717) is 18.1 Å². The zero-order chi connectivity index (χ0) is 25.8. The Labute approximate surface area is 199 Å². The number of benzene rings is 1. The smallest absolute Gasteiger partial charge is 0.163 e. The van der Waals surface area contributed by atoms with Crippen molar-refractivity contribution in [3.05, 3.63) is 54.1 Å². The molecule has 5 heteroatoms. The minimum absolute atomic E-state index is 0.0960. The van der Waals surface area contributed by atoms with Crippen molar-refractivity contribution in [2.24, 2.45) is 11.8 Å². The molecule has 33 heavy (non-hydrogen) atoms. The van der Waals surface area contributed by atoms with E-state index in [0.717, 1.165) is 24.0 Å². The average Bonchev–Trinajstić information content (AvgIpc) is 3.16. The van der Waals surface area contributed by atoms with Crippen molar-refractivity contribution >= 4 is 17.3 Å². The van der Waals surface area contributed by atoms with Crippen molar-refractivity contribution in [1.82, 2.24) is 0 Å². The maximum absolute atomic E-state index is 11.4. The van der Waals surface area contributed by atoms with E-state index in [9.17, 15) is 14.4 Å². The topological polar surface area (TPSA) is 80.7 Å². The fourth-order valence-electron chi connectivity index (χ4n) is 2.76. The van der Waals surface area contributed by atoms with Gasteiger partial charge in [-0.05, 0) is 70.1 Å². The zero-order valence-electron chi connectivity index (χ0n) is 21.2. The first kappa shape index (κ1) is 32.1. The molecule has 5 nitrogen and oxygen atoms in total. The van der Waals surface area contributed by atoms with Gasteiger partial charge in [0, 0.05) is 17.9 Å². The lowest BCUT2D eigenvalue weighted by molar-refractivity contribution is -0.121. The molecule has 0 bridgehead atoms. The number of allylic oxidation sites excluding steroid dienone is 3. The fourth-order valence-corrected chi connectivity index (χ4v) is 2.76. The third kappa shape index (κ3) is 14.5. The molecule has 182 valence electrons. The summed E-state index contributed by atoms with van der Waals surface area (Å²) in [5.74, 6) is 3.95. The number of hydrogen-bond acceptors (Lipinski definition) is 5. The van der Waals surface area contributed by atoms with Crippen molar-refractivity contribution in [2.45, 2.75) is 67.7 Å². The summed E-state index contributed by atoms with van der Waals surface area (Å²) in [5.41, 5.74) is 1.84. The lowest BCUT2D eigenvalue weighted by atomic mass is 9.88.